The summed E-state index contributed by atoms with van der Waals surface area (Å²) in [5.74, 6) is 0.155. The highest BCUT2D eigenvalue weighted by molar-refractivity contribution is 5.32. The van der Waals surface area contributed by atoms with E-state index in [1.165, 1.54) is 17.2 Å². The molecule has 0 radical (unpaired) electrons. The van der Waals surface area contributed by atoms with Crippen LogP contribution >= 0.6 is 0 Å². The van der Waals surface area contributed by atoms with Gasteiger partial charge < -0.3 is 14.6 Å². The van der Waals surface area contributed by atoms with E-state index >= 15 is 0 Å². The first-order valence-corrected chi connectivity index (χ1v) is 8.42. The lowest BCUT2D eigenvalue weighted by Crippen LogP contribution is -2.32. The maximum atomic E-state index is 11.6. The van der Waals surface area contributed by atoms with Crippen LogP contribution in [-0.4, -0.2) is 28.3 Å². The molecular formula is C19H23NO4. The second kappa shape index (κ2) is 7.64. The molecule has 1 aromatic heterocycles. The van der Waals surface area contributed by atoms with E-state index in [-0.39, 0.29) is 18.4 Å². The lowest BCUT2D eigenvalue weighted by molar-refractivity contribution is 0.141. The smallest absolute Gasteiger partial charge is 0.226 e. The zero-order valence-electron chi connectivity index (χ0n) is 13.6. The number of nitrogens with zero attached hydrogens (tertiary/aromatic N) is 1. The molecule has 3 rings (SSSR count). The van der Waals surface area contributed by atoms with E-state index in [0.717, 1.165) is 32.1 Å². The highest BCUT2D eigenvalue weighted by atomic mass is 16.4. The fraction of sp³-hybridized carbons (Fsp3) is 0.421. The minimum absolute atomic E-state index is 0.129. The lowest BCUT2D eigenvalue weighted by Gasteiger charge is -2.35. The molecule has 2 N–H and O–H groups in total. The van der Waals surface area contributed by atoms with Gasteiger partial charge in [0.25, 0.3) is 0 Å². The molecule has 0 aliphatic heterocycles. The Labute approximate surface area is 141 Å². The number of rotatable bonds is 6. The Kier molecular flexibility index (Phi) is 5.33. The number of benzene rings is 1. The monoisotopic (exact) mass is 329 g/mol. The molecule has 5 nitrogen and oxygen atoms in total. The standard InChI is InChI=1S/C19H23NO4/c21-10-4-9-20(12-15-11-18(22)19(23)13-24-15)17-8-3-6-14-5-1-2-7-16(14)17/h1-2,5,7,11,13,17,21,23H,3-4,6,8-10,12H2. The van der Waals surface area contributed by atoms with Crippen LogP contribution in [-0.2, 0) is 13.0 Å². The summed E-state index contributed by atoms with van der Waals surface area (Å²) in [6.45, 7) is 1.33. The van der Waals surface area contributed by atoms with Crippen LogP contribution in [0.3, 0.4) is 0 Å². The highest BCUT2D eigenvalue weighted by Gasteiger charge is 2.26. The van der Waals surface area contributed by atoms with Crippen LogP contribution in [0, 0.1) is 0 Å². The normalized spacial score (nSPS) is 17.0. The average Bonchev–Trinajstić information content (AvgIpc) is 2.61. The van der Waals surface area contributed by atoms with Gasteiger partial charge in [0.05, 0.1) is 6.54 Å². The summed E-state index contributed by atoms with van der Waals surface area (Å²) in [5, 5.41) is 18.6. The summed E-state index contributed by atoms with van der Waals surface area (Å²) in [6.07, 6.45) is 5.02. The summed E-state index contributed by atoms with van der Waals surface area (Å²) >= 11 is 0. The van der Waals surface area contributed by atoms with E-state index in [2.05, 4.69) is 29.2 Å². The number of fused-ring (bicyclic) bond motifs is 1. The zero-order valence-corrected chi connectivity index (χ0v) is 13.6. The summed E-state index contributed by atoms with van der Waals surface area (Å²) in [5.41, 5.74) is 2.26. The molecule has 0 spiro atoms. The van der Waals surface area contributed by atoms with Gasteiger partial charge in [0.1, 0.15) is 12.0 Å². The van der Waals surface area contributed by atoms with Crippen molar-refractivity contribution in [3.8, 4) is 5.75 Å². The first kappa shape index (κ1) is 16.7. The number of hydrogen-bond donors (Lipinski definition) is 2. The number of aliphatic hydroxyl groups excluding tert-OH is 1. The maximum Gasteiger partial charge on any atom is 0.226 e. The SMILES string of the molecule is O=c1cc(CN(CCCO)C2CCCc3ccccc32)occ1O. The summed E-state index contributed by atoms with van der Waals surface area (Å²) in [4.78, 5) is 13.9. The molecule has 0 amide bonds. The molecule has 24 heavy (non-hydrogen) atoms. The number of aliphatic hydroxyl groups is 1. The second-order valence-corrected chi connectivity index (χ2v) is 6.25. The van der Waals surface area contributed by atoms with Crippen LogP contribution < -0.4 is 5.43 Å². The van der Waals surface area contributed by atoms with Gasteiger partial charge in [-0.2, -0.15) is 0 Å². The van der Waals surface area contributed by atoms with Crippen molar-refractivity contribution in [3.05, 3.63) is 63.7 Å². The molecule has 1 aliphatic carbocycles. The predicted octanol–water partition coefficient (Wildman–Crippen LogP) is 2.61. The third kappa shape index (κ3) is 3.68. The molecule has 2 aromatic rings. The van der Waals surface area contributed by atoms with E-state index in [1.54, 1.807) is 0 Å². The highest BCUT2D eigenvalue weighted by Crippen LogP contribution is 2.35. The molecule has 5 heteroatoms. The van der Waals surface area contributed by atoms with Gasteiger partial charge >= 0.3 is 0 Å². The third-order valence-corrected chi connectivity index (χ3v) is 4.61. The van der Waals surface area contributed by atoms with Crippen LogP contribution in [0.1, 0.15) is 42.2 Å². The van der Waals surface area contributed by atoms with Crippen molar-refractivity contribution < 1.29 is 14.6 Å². The summed E-state index contributed by atoms with van der Waals surface area (Å²) < 4.78 is 5.37. The Morgan fingerprint density at radius 1 is 1.29 bits per heavy atom. The molecule has 0 saturated heterocycles. The molecule has 1 atom stereocenters. The Hall–Kier alpha value is -2.11. The van der Waals surface area contributed by atoms with E-state index in [4.69, 9.17) is 4.42 Å². The predicted molar refractivity (Wildman–Crippen MR) is 90.9 cm³/mol. The molecule has 1 aromatic carbocycles. The van der Waals surface area contributed by atoms with Crippen molar-refractivity contribution in [3.63, 3.8) is 0 Å². The van der Waals surface area contributed by atoms with Crippen LogP contribution in [0.5, 0.6) is 5.75 Å². The molecule has 0 saturated carbocycles. The van der Waals surface area contributed by atoms with Gasteiger partial charge in [-0.3, -0.25) is 9.69 Å². The van der Waals surface area contributed by atoms with Gasteiger partial charge in [-0.15, -0.1) is 0 Å². The Morgan fingerprint density at radius 2 is 2.12 bits per heavy atom. The van der Waals surface area contributed by atoms with Crippen LogP contribution in [0.4, 0.5) is 0 Å². The maximum absolute atomic E-state index is 11.6. The molecule has 1 heterocycles. The van der Waals surface area contributed by atoms with Crippen molar-refractivity contribution in [2.45, 2.75) is 38.3 Å². The second-order valence-electron chi connectivity index (χ2n) is 6.25. The van der Waals surface area contributed by atoms with Gasteiger partial charge in [0.15, 0.2) is 5.75 Å². The molecule has 128 valence electrons. The summed E-state index contributed by atoms with van der Waals surface area (Å²) in [6, 6.07) is 10.1. The fourth-order valence-electron chi connectivity index (χ4n) is 3.45. The largest absolute Gasteiger partial charge is 0.502 e. The van der Waals surface area contributed by atoms with Crippen molar-refractivity contribution in [1.29, 1.82) is 0 Å². The van der Waals surface area contributed by atoms with E-state index in [1.807, 2.05) is 0 Å². The van der Waals surface area contributed by atoms with Crippen LogP contribution in [0.2, 0.25) is 0 Å². The summed E-state index contributed by atoms with van der Waals surface area (Å²) in [7, 11) is 0. The van der Waals surface area contributed by atoms with Gasteiger partial charge in [-0.25, -0.2) is 0 Å². The zero-order chi connectivity index (χ0) is 16.9. The average molecular weight is 329 g/mol. The third-order valence-electron chi connectivity index (χ3n) is 4.61. The Balaban J connectivity index is 1.86. The Morgan fingerprint density at radius 3 is 2.92 bits per heavy atom. The van der Waals surface area contributed by atoms with Crippen LogP contribution in [0.25, 0.3) is 0 Å². The number of hydrogen-bond acceptors (Lipinski definition) is 5. The lowest BCUT2D eigenvalue weighted by atomic mass is 9.86. The Bertz CT molecular complexity index is 740. The fourth-order valence-corrected chi connectivity index (χ4v) is 3.45. The minimum atomic E-state index is -0.428. The van der Waals surface area contributed by atoms with Gasteiger partial charge in [0.2, 0.25) is 5.43 Å². The van der Waals surface area contributed by atoms with Crippen molar-refractivity contribution in [2.24, 2.45) is 0 Å². The first-order chi connectivity index (χ1) is 11.7. The number of aromatic hydroxyl groups is 1. The van der Waals surface area contributed by atoms with Crippen molar-refractivity contribution >= 4 is 0 Å². The topological polar surface area (TPSA) is 73.9 Å². The molecule has 0 bridgehead atoms. The quantitative estimate of drug-likeness (QED) is 0.852. The van der Waals surface area contributed by atoms with Gasteiger partial charge in [-0.1, -0.05) is 24.3 Å². The van der Waals surface area contributed by atoms with Crippen LogP contribution in [0.15, 0.2) is 45.8 Å². The number of aryl methyl sites for hydroxylation is 1. The molecule has 1 aliphatic rings. The van der Waals surface area contributed by atoms with Crippen molar-refractivity contribution in [2.75, 3.05) is 13.2 Å². The minimum Gasteiger partial charge on any atom is -0.502 e. The van der Waals surface area contributed by atoms with E-state index in [9.17, 15) is 15.0 Å². The first-order valence-electron chi connectivity index (χ1n) is 8.42. The van der Waals surface area contributed by atoms with Gasteiger partial charge in [-0.05, 0) is 36.8 Å². The van der Waals surface area contributed by atoms with Crippen molar-refractivity contribution in [1.82, 2.24) is 4.90 Å². The van der Waals surface area contributed by atoms with E-state index in [0.29, 0.717) is 18.7 Å². The molecular weight excluding hydrogens is 306 g/mol. The molecule has 0 fully saturated rings. The van der Waals surface area contributed by atoms with E-state index < -0.39 is 5.43 Å². The van der Waals surface area contributed by atoms with Gasteiger partial charge in [0, 0.05) is 25.3 Å². The molecule has 1 unspecified atom stereocenters.